The van der Waals surface area contributed by atoms with Gasteiger partial charge >= 0.3 is 5.97 Å². The van der Waals surface area contributed by atoms with Crippen LogP contribution in [0.3, 0.4) is 0 Å². The Kier molecular flexibility index (Phi) is 3.43. The van der Waals surface area contributed by atoms with Gasteiger partial charge in [0.05, 0.1) is 23.1 Å². The summed E-state index contributed by atoms with van der Waals surface area (Å²) in [5.74, 6) is -0.0887. The quantitative estimate of drug-likeness (QED) is 0.779. The maximum absolute atomic E-state index is 11.5. The van der Waals surface area contributed by atoms with Gasteiger partial charge in [0, 0.05) is 12.5 Å². The fourth-order valence-corrected chi connectivity index (χ4v) is 2.47. The van der Waals surface area contributed by atoms with E-state index in [4.69, 9.17) is 4.52 Å². The third-order valence-electron chi connectivity index (χ3n) is 3.36. The van der Waals surface area contributed by atoms with Gasteiger partial charge in [0.15, 0.2) is 0 Å². The molecule has 0 aliphatic rings. The zero-order valence-electron chi connectivity index (χ0n) is 11.6. The number of para-hydroxylation sites is 1. The number of aryl methyl sites for hydroxylation is 1. The first kappa shape index (κ1) is 13.4. The van der Waals surface area contributed by atoms with Crippen LogP contribution in [0.25, 0.3) is 11.0 Å². The Morgan fingerprint density at radius 1 is 1.38 bits per heavy atom. The Bertz CT molecular complexity index is 775. The second kappa shape index (κ2) is 5.40. The van der Waals surface area contributed by atoms with Crippen molar-refractivity contribution in [2.24, 2.45) is 0 Å². The topological polar surface area (TPSA) is 81.1 Å². The van der Waals surface area contributed by atoms with E-state index in [0.29, 0.717) is 17.6 Å². The number of aromatic nitrogens is 3. The molecule has 3 aromatic rings. The minimum atomic E-state index is -0.954. The number of hydrogen-bond acceptors (Lipinski definition) is 4. The molecule has 1 N–H and O–H groups in total. The molecule has 2 heterocycles. The monoisotopic (exact) mass is 285 g/mol. The lowest BCUT2D eigenvalue weighted by atomic mass is 10.2. The van der Waals surface area contributed by atoms with Crippen molar-refractivity contribution in [3.63, 3.8) is 0 Å². The number of nitrogens with zero attached hydrogens (tertiary/aromatic N) is 3. The zero-order chi connectivity index (χ0) is 14.8. The van der Waals surface area contributed by atoms with E-state index in [1.807, 2.05) is 10.6 Å². The Labute approximate surface area is 121 Å². The highest BCUT2D eigenvalue weighted by Crippen LogP contribution is 2.22. The number of carboxylic acid groups (broad SMARTS) is 1. The van der Waals surface area contributed by atoms with Gasteiger partial charge in [-0.1, -0.05) is 18.1 Å². The lowest BCUT2D eigenvalue weighted by Crippen LogP contribution is -2.08. The van der Waals surface area contributed by atoms with E-state index in [1.165, 1.54) is 6.26 Å². The minimum absolute atomic E-state index is 0.255. The van der Waals surface area contributed by atoms with E-state index in [1.54, 1.807) is 18.2 Å². The summed E-state index contributed by atoms with van der Waals surface area (Å²) in [5.41, 5.74) is 2.33. The van der Waals surface area contributed by atoms with Gasteiger partial charge in [0.1, 0.15) is 17.8 Å². The van der Waals surface area contributed by atoms with E-state index >= 15 is 0 Å². The van der Waals surface area contributed by atoms with Crippen LogP contribution in [0.4, 0.5) is 0 Å². The van der Waals surface area contributed by atoms with E-state index < -0.39 is 5.97 Å². The van der Waals surface area contributed by atoms with Crippen molar-refractivity contribution in [1.29, 1.82) is 0 Å². The standard InChI is InChI=1S/C15H15N3O3/c1-2-4-13-16-12-6-3-5-11(15(19)20)14(12)18(13)9-10-7-8-21-17-10/h3,5-8H,2,4,9H2,1H3,(H,19,20). The van der Waals surface area contributed by atoms with Gasteiger partial charge in [-0.05, 0) is 18.6 Å². The Balaban J connectivity index is 2.21. The van der Waals surface area contributed by atoms with Crippen LogP contribution >= 0.6 is 0 Å². The van der Waals surface area contributed by atoms with Crippen LogP contribution in [0.5, 0.6) is 0 Å². The molecule has 0 bridgehead atoms. The third kappa shape index (κ3) is 2.40. The molecule has 0 aliphatic carbocycles. The first-order valence-electron chi connectivity index (χ1n) is 6.81. The average molecular weight is 285 g/mol. The fourth-order valence-electron chi connectivity index (χ4n) is 2.47. The van der Waals surface area contributed by atoms with Crippen molar-refractivity contribution in [2.75, 3.05) is 0 Å². The summed E-state index contributed by atoms with van der Waals surface area (Å²) in [6.45, 7) is 2.52. The molecule has 0 radical (unpaired) electrons. The molecule has 0 spiro atoms. The predicted octanol–water partition coefficient (Wildman–Crippen LogP) is 2.72. The summed E-state index contributed by atoms with van der Waals surface area (Å²) in [7, 11) is 0. The van der Waals surface area contributed by atoms with Crippen molar-refractivity contribution >= 4 is 17.0 Å². The summed E-state index contributed by atoms with van der Waals surface area (Å²) in [4.78, 5) is 16.0. The minimum Gasteiger partial charge on any atom is -0.478 e. The normalized spacial score (nSPS) is 11.1. The zero-order valence-corrected chi connectivity index (χ0v) is 11.6. The molecule has 3 rings (SSSR count). The molecular formula is C15H15N3O3. The molecule has 0 unspecified atom stereocenters. The highest BCUT2D eigenvalue weighted by molar-refractivity contribution is 6.01. The molecule has 21 heavy (non-hydrogen) atoms. The molecule has 1 aromatic carbocycles. The Hall–Kier alpha value is -2.63. The lowest BCUT2D eigenvalue weighted by molar-refractivity contribution is 0.0698. The van der Waals surface area contributed by atoms with Crippen LogP contribution in [-0.2, 0) is 13.0 Å². The summed E-state index contributed by atoms with van der Waals surface area (Å²) < 4.78 is 6.77. The highest BCUT2D eigenvalue weighted by atomic mass is 16.5. The number of rotatable bonds is 5. The summed E-state index contributed by atoms with van der Waals surface area (Å²) in [6.07, 6.45) is 3.22. The van der Waals surface area contributed by atoms with Crippen LogP contribution < -0.4 is 0 Å². The predicted molar refractivity (Wildman–Crippen MR) is 76.3 cm³/mol. The van der Waals surface area contributed by atoms with Gasteiger partial charge in [-0.3, -0.25) is 0 Å². The van der Waals surface area contributed by atoms with Crippen molar-refractivity contribution in [2.45, 2.75) is 26.3 Å². The summed E-state index contributed by atoms with van der Waals surface area (Å²) in [5, 5.41) is 13.3. The number of aromatic carboxylic acids is 1. The Morgan fingerprint density at radius 3 is 2.90 bits per heavy atom. The molecule has 2 aromatic heterocycles. The van der Waals surface area contributed by atoms with Crippen LogP contribution in [-0.4, -0.2) is 25.8 Å². The number of benzene rings is 1. The lowest BCUT2D eigenvalue weighted by Gasteiger charge is -2.08. The Morgan fingerprint density at radius 2 is 2.24 bits per heavy atom. The SMILES string of the molecule is CCCc1nc2cccc(C(=O)O)c2n1Cc1ccon1. The second-order valence-corrected chi connectivity index (χ2v) is 4.83. The van der Waals surface area contributed by atoms with Gasteiger partial charge in [-0.2, -0.15) is 0 Å². The van der Waals surface area contributed by atoms with Gasteiger partial charge in [0.2, 0.25) is 0 Å². The number of imidazole rings is 1. The van der Waals surface area contributed by atoms with E-state index in [2.05, 4.69) is 17.1 Å². The fraction of sp³-hybridized carbons (Fsp3) is 0.267. The first-order valence-corrected chi connectivity index (χ1v) is 6.81. The molecule has 6 nitrogen and oxygen atoms in total. The van der Waals surface area contributed by atoms with Gasteiger partial charge in [-0.25, -0.2) is 9.78 Å². The van der Waals surface area contributed by atoms with Gasteiger partial charge < -0.3 is 14.2 Å². The number of fused-ring (bicyclic) bond motifs is 1. The second-order valence-electron chi connectivity index (χ2n) is 4.83. The van der Waals surface area contributed by atoms with Crippen molar-refractivity contribution in [3.05, 3.63) is 47.6 Å². The molecule has 0 fully saturated rings. The van der Waals surface area contributed by atoms with E-state index in [9.17, 15) is 9.90 Å². The van der Waals surface area contributed by atoms with E-state index in [0.717, 1.165) is 24.4 Å². The van der Waals surface area contributed by atoms with Crippen LogP contribution in [0.15, 0.2) is 35.1 Å². The number of carboxylic acids is 1. The summed E-state index contributed by atoms with van der Waals surface area (Å²) >= 11 is 0. The third-order valence-corrected chi connectivity index (χ3v) is 3.36. The smallest absolute Gasteiger partial charge is 0.337 e. The van der Waals surface area contributed by atoms with Crippen LogP contribution in [0.1, 0.15) is 35.2 Å². The molecule has 0 amide bonds. The summed E-state index contributed by atoms with van der Waals surface area (Å²) in [6, 6.07) is 6.92. The largest absolute Gasteiger partial charge is 0.478 e. The average Bonchev–Trinajstić information content (AvgIpc) is 3.08. The molecule has 0 saturated carbocycles. The molecule has 108 valence electrons. The number of carbonyl (C=O) groups is 1. The maximum atomic E-state index is 11.5. The molecule has 0 aliphatic heterocycles. The first-order chi connectivity index (χ1) is 10.2. The maximum Gasteiger partial charge on any atom is 0.337 e. The van der Waals surface area contributed by atoms with E-state index in [-0.39, 0.29) is 5.56 Å². The molecular weight excluding hydrogens is 270 g/mol. The van der Waals surface area contributed by atoms with Gasteiger partial charge in [-0.15, -0.1) is 0 Å². The molecule has 0 saturated heterocycles. The number of hydrogen-bond donors (Lipinski definition) is 1. The molecule has 6 heteroatoms. The van der Waals surface area contributed by atoms with Gasteiger partial charge in [0.25, 0.3) is 0 Å². The van der Waals surface area contributed by atoms with Crippen molar-refractivity contribution in [3.8, 4) is 0 Å². The van der Waals surface area contributed by atoms with Crippen LogP contribution in [0.2, 0.25) is 0 Å². The van der Waals surface area contributed by atoms with Crippen LogP contribution in [0, 0.1) is 0 Å². The van der Waals surface area contributed by atoms with Crippen molar-refractivity contribution < 1.29 is 14.4 Å². The molecule has 0 atom stereocenters. The highest BCUT2D eigenvalue weighted by Gasteiger charge is 2.18. The van der Waals surface area contributed by atoms with Crippen molar-refractivity contribution in [1.82, 2.24) is 14.7 Å².